The Morgan fingerprint density at radius 3 is 2.39 bits per heavy atom. The summed E-state index contributed by atoms with van der Waals surface area (Å²) in [6.07, 6.45) is 4.68. The lowest BCUT2D eigenvalue weighted by Crippen LogP contribution is -2.15. The minimum absolute atomic E-state index is 0.265. The van der Waals surface area contributed by atoms with Crippen molar-refractivity contribution in [1.82, 2.24) is 9.55 Å². The van der Waals surface area contributed by atoms with Gasteiger partial charge in [0.15, 0.2) is 0 Å². The molecule has 1 aromatic heterocycles. The molecular weight excluding hydrogens is 395 g/mol. The third-order valence-corrected chi connectivity index (χ3v) is 4.77. The van der Waals surface area contributed by atoms with Crippen molar-refractivity contribution < 1.29 is 14.0 Å². The van der Waals surface area contributed by atoms with Gasteiger partial charge in [-0.2, -0.15) is 0 Å². The van der Waals surface area contributed by atoms with E-state index >= 15 is 0 Å². The van der Waals surface area contributed by atoms with E-state index in [0.717, 1.165) is 5.56 Å². The molecule has 0 saturated heterocycles. The maximum atomic E-state index is 14.4. The number of nitrogens with zero attached hydrogens (tertiary/aromatic N) is 2. The van der Waals surface area contributed by atoms with Crippen LogP contribution in [-0.2, 0) is 0 Å². The Morgan fingerprint density at radius 2 is 1.68 bits per heavy atom. The van der Waals surface area contributed by atoms with Gasteiger partial charge < -0.3 is 15.2 Å². The Morgan fingerprint density at radius 1 is 0.903 bits per heavy atom. The highest BCUT2D eigenvalue weighted by atomic mass is 19.1. The normalized spacial score (nSPS) is 10.5. The van der Waals surface area contributed by atoms with E-state index in [1.54, 1.807) is 71.6 Å². The summed E-state index contributed by atoms with van der Waals surface area (Å²) in [6, 6.07) is 18.2. The number of aromatic nitrogens is 2. The molecule has 6 nitrogen and oxygen atoms in total. The molecule has 0 aliphatic rings. The summed E-state index contributed by atoms with van der Waals surface area (Å²) in [6.45, 7) is 1.84. The van der Waals surface area contributed by atoms with Crippen LogP contribution < -0.4 is 10.6 Å². The van der Waals surface area contributed by atoms with Crippen molar-refractivity contribution in [1.29, 1.82) is 0 Å². The smallest absolute Gasteiger partial charge is 0.255 e. The molecule has 154 valence electrons. The fraction of sp³-hybridized carbons (Fsp3) is 0.0417. The number of halogens is 1. The minimum atomic E-state index is -0.490. The van der Waals surface area contributed by atoms with E-state index in [9.17, 15) is 14.0 Å². The van der Waals surface area contributed by atoms with Crippen LogP contribution >= 0.6 is 0 Å². The number of hydrogen-bond acceptors (Lipinski definition) is 3. The summed E-state index contributed by atoms with van der Waals surface area (Å²) in [4.78, 5) is 29.0. The second-order valence-corrected chi connectivity index (χ2v) is 6.94. The molecule has 0 aliphatic carbocycles. The molecule has 3 aromatic carbocycles. The van der Waals surface area contributed by atoms with Crippen molar-refractivity contribution >= 4 is 23.2 Å². The van der Waals surface area contributed by atoms with Crippen LogP contribution in [0.4, 0.5) is 15.8 Å². The van der Waals surface area contributed by atoms with Gasteiger partial charge in [0.05, 0.1) is 12.0 Å². The zero-order valence-corrected chi connectivity index (χ0v) is 16.7. The van der Waals surface area contributed by atoms with Crippen molar-refractivity contribution in [3.05, 3.63) is 108 Å². The van der Waals surface area contributed by atoms with Crippen LogP contribution in [0, 0.1) is 12.7 Å². The van der Waals surface area contributed by atoms with E-state index < -0.39 is 11.7 Å². The summed E-state index contributed by atoms with van der Waals surface area (Å²) >= 11 is 0. The third-order valence-electron chi connectivity index (χ3n) is 4.77. The predicted octanol–water partition coefficient (Wildman–Crippen LogP) is 4.82. The molecule has 4 rings (SSSR count). The zero-order chi connectivity index (χ0) is 21.8. The van der Waals surface area contributed by atoms with E-state index in [1.165, 1.54) is 12.4 Å². The molecule has 0 bridgehead atoms. The SMILES string of the molecule is Cc1ccc(C(=O)Nc2ccc(-n3ccnc3)c(F)c2)cc1NC(=O)c1ccccc1. The summed E-state index contributed by atoms with van der Waals surface area (Å²) in [7, 11) is 0. The number of imidazole rings is 1. The molecule has 2 amide bonds. The highest BCUT2D eigenvalue weighted by molar-refractivity contribution is 6.07. The lowest BCUT2D eigenvalue weighted by Gasteiger charge is -2.12. The average Bonchev–Trinajstić information content (AvgIpc) is 3.30. The molecule has 0 aliphatic heterocycles. The first-order valence-electron chi connectivity index (χ1n) is 9.57. The van der Waals surface area contributed by atoms with Gasteiger partial charge in [0.2, 0.25) is 0 Å². The van der Waals surface area contributed by atoms with Crippen molar-refractivity contribution in [2.24, 2.45) is 0 Å². The quantitative estimate of drug-likeness (QED) is 0.491. The minimum Gasteiger partial charge on any atom is -0.322 e. The van der Waals surface area contributed by atoms with Crippen molar-refractivity contribution in [3.63, 3.8) is 0 Å². The van der Waals surface area contributed by atoms with Crippen LogP contribution in [0.1, 0.15) is 26.3 Å². The van der Waals surface area contributed by atoms with Gasteiger partial charge >= 0.3 is 0 Å². The Kier molecular flexibility index (Phi) is 5.57. The van der Waals surface area contributed by atoms with E-state index in [2.05, 4.69) is 15.6 Å². The van der Waals surface area contributed by atoms with Gasteiger partial charge in [-0.15, -0.1) is 0 Å². The fourth-order valence-corrected chi connectivity index (χ4v) is 3.08. The standard InChI is InChI=1S/C24H19FN4O2/c1-16-7-8-18(13-21(16)28-23(30)17-5-3-2-4-6-17)24(31)27-19-9-10-22(20(25)14-19)29-12-11-26-15-29/h2-15H,1H3,(H,27,31)(H,28,30). The topological polar surface area (TPSA) is 76.0 Å². The van der Waals surface area contributed by atoms with E-state index in [4.69, 9.17) is 0 Å². The number of aryl methyl sites for hydroxylation is 1. The maximum Gasteiger partial charge on any atom is 0.255 e. The number of anilines is 2. The van der Waals surface area contributed by atoms with Crippen LogP contribution in [0.25, 0.3) is 5.69 Å². The summed E-state index contributed by atoms with van der Waals surface area (Å²) in [5.41, 5.74) is 2.86. The molecule has 0 unspecified atom stereocenters. The third kappa shape index (κ3) is 4.51. The average molecular weight is 414 g/mol. The number of rotatable bonds is 5. The molecule has 0 fully saturated rings. The predicted molar refractivity (Wildman–Crippen MR) is 117 cm³/mol. The van der Waals surface area contributed by atoms with Gasteiger partial charge in [-0.25, -0.2) is 9.37 Å². The lowest BCUT2D eigenvalue weighted by atomic mass is 10.1. The fourth-order valence-electron chi connectivity index (χ4n) is 3.08. The van der Waals surface area contributed by atoms with Gasteiger partial charge in [0.1, 0.15) is 5.82 Å². The number of hydrogen-bond donors (Lipinski definition) is 2. The van der Waals surface area contributed by atoms with Crippen LogP contribution in [0.2, 0.25) is 0 Å². The van der Waals surface area contributed by atoms with Gasteiger partial charge in [0, 0.05) is 34.9 Å². The number of nitrogens with one attached hydrogen (secondary N) is 2. The van der Waals surface area contributed by atoms with Crippen molar-refractivity contribution in [2.45, 2.75) is 6.92 Å². The maximum absolute atomic E-state index is 14.4. The van der Waals surface area contributed by atoms with Gasteiger partial charge in [-0.05, 0) is 55.0 Å². The van der Waals surface area contributed by atoms with Crippen molar-refractivity contribution in [3.8, 4) is 5.69 Å². The Labute approximate surface area is 178 Å². The van der Waals surface area contributed by atoms with E-state index in [1.807, 2.05) is 13.0 Å². The summed E-state index contributed by atoms with van der Waals surface area (Å²) < 4.78 is 16.0. The molecule has 0 spiro atoms. The molecule has 2 N–H and O–H groups in total. The number of amides is 2. The molecule has 7 heteroatoms. The monoisotopic (exact) mass is 414 g/mol. The highest BCUT2D eigenvalue weighted by Gasteiger charge is 2.13. The second-order valence-electron chi connectivity index (χ2n) is 6.94. The molecular formula is C24H19FN4O2. The van der Waals surface area contributed by atoms with Crippen molar-refractivity contribution in [2.75, 3.05) is 10.6 Å². The first-order chi connectivity index (χ1) is 15.0. The molecule has 0 atom stereocenters. The molecule has 1 heterocycles. The first-order valence-corrected chi connectivity index (χ1v) is 9.57. The Hall–Kier alpha value is -4.26. The van der Waals surface area contributed by atoms with E-state index in [0.29, 0.717) is 28.2 Å². The Bertz CT molecular complexity index is 1240. The Balaban J connectivity index is 1.51. The molecule has 0 radical (unpaired) electrons. The molecule has 31 heavy (non-hydrogen) atoms. The van der Waals surface area contributed by atoms with Gasteiger partial charge in [-0.1, -0.05) is 24.3 Å². The lowest BCUT2D eigenvalue weighted by molar-refractivity contribution is 0.101. The van der Waals surface area contributed by atoms with Crippen LogP contribution in [0.3, 0.4) is 0 Å². The van der Waals surface area contributed by atoms with Crippen LogP contribution in [-0.4, -0.2) is 21.4 Å². The number of carbonyl (C=O) groups excluding carboxylic acids is 2. The van der Waals surface area contributed by atoms with Gasteiger partial charge in [0.25, 0.3) is 11.8 Å². The number of carbonyl (C=O) groups is 2. The summed E-state index contributed by atoms with van der Waals surface area (Å²) in [5.74, 6) is -1.17. The van der Waals surface area contributed by atoms with Crippen LogP contribution in [0.15, 0.2) is 85.5 Å². The first kappa shape index (κ1) is 20.0. The van der Waals surface area contributed by atoms with E-state index in [-0.39, 0.29) is 5.91 Å². The molecule has 0 saturated carbocycles. The zero-order valence-electron chi connectivity index (χ0n) is 16.7. The van der Waals surface area contributed by atoms with Crippen LogP contribution in [0.5, 0.6) is 0 Å². The summed E-state index contributed by atoms with van der Waals surface area (Å²) in [5, 5.41) is 5.52. The highest BCUT2D eigenvalue weighted by Crippen LogP contribution is 2.21. The number of benzene rings is 3. The molecule has 4 aromatic rings. The van der Waals surface area contributed by atoms with Gasteiger partial charge in [-0.3, -0.25) is 9.59 Å². The largest absolute Gasteiger partial charge is 0.322 e. The second kappa shape index (κ2) is 8.62.